The highest BCUT2D eigenvalue weighted by atomic mass is 79.9. The summed E-state index contributed by atoms with van der Waals surface area (Å²) in [6.07, 6.45) is 0. The average molecular weight is 259 g/mol. The predicted molar refractivity (Wildman–Crippen MR) is 55.2 cm³/mol. The molecule has 1 heterocycles. The highest BCUT2D eigenvalue weighted by Gasteiger charge is 2.08. The summed E-state index contributed by atoms with van der Waals surface area (Å²) in [6.45, 7) is 0. The Bertz CT molecular complexity index is 518. The lowest BCUT2D eigenvalue weighted by Gasteiger charge is -1.98. The molecule has 0 amide bonds. The van der Waals surface area contributed by atoms with E-state index in [1.807, 2.05) is 0 Å². The van der Waals surface area contributed by atoms with Crippen LogP contribution < -0.4 is 5.43 Å². The number of hydrogen-bond donors (Lipinski definition) is 0. The number of hydrogen-bond acceptors (Lipinski definition) is 2. The molecule has 0 N–H and O–H groups in total. The molecule has 1 aromatic heterocycles. The van der Waals surface area contributed by atoms with Crippen LogP contribution in [-0.4, -0.2) is 0 Å². The van der Waals surface area contributed by atoms with Crippen molar-refractivity contribution in [3.8, 4) is 0 Å². The Hall–Kier alpha value is -0.800. The molecule has 0 spiro atoms. The van der Waals surface area contributed by atoms with Crippen LogP contribution in [0, 0.1) is 0 Å². The second-order valence-corrected chi connectivity index (χ2v) is 3.65. The second kappa shape index (κ2) is 3.16. The average Bonchev–Trinajstić information content (AvgIpc) is 2.15. The van der Waals surface area contributed by atoms with Gasteiger partial charge in [-0.25, -0.2) is 0 Å². The van der Waals surface area contributed by atoms with E-state index in [1.54, 1.807) is 24.3 Å². The molecule has 0 atom stereocenters. The Morgan fingerprint density at radius 2 is 2.00 bits per heavy atom. The lowest BCUT2D eigenvalue weighted by molar-refractivity contribution is 0.601. The van der Waals surface area contributed by atoms with Gasteiger partial charge >= 0.3 is 0 Å². The third kappa shape index (κ3) is 1.38. The van der Waals surface area contributed by atoms with Crippen molar-refractivity contribution in [2.75, 3.05) is 0 Å². The smallest absolute Gasteiger partial charge is 0.212 e. The largest absolute Gasteiger partial charge is 0.443 e. The zero-order valence-corrected chi connectivity index (χ0v) is 8.72. The van der Waals surface area contributed by atoms with Crippen LogP contribution in [0.2, 0.25) is 5.22 Å². The molecule has 0 aliphatic carbocycles. The highest BCUT2D eigenvalue weighted by molar-refractivity contribution is 9.10. The molecule has 0 radical (unpaired) electrons. The maximum Gasteiger partial charge on any atom is 0.212 e. The molecule has 0 unspecified atom stereocenters. The first-order valence-electron chi connectivity index (χ1n) is 3.57. The number of para-hydroxylation sites is 1. The van der Waals surface area contributed by atoms with Crippen molar-refractivity contribution >= 4 is 38.5 Å². The van der Waals surface area contributed by atoms with Gasteiger partial charge in [-0.2, -0.15) is 0 Å². The third-order valence-corrected chi connectivity index (χ3v) is 2.92. The van der Waals surface area contributed by atoms with Gasteiger partial charge in [-0.05, 0) is 39.7 Å². The fraction of sp³-hybridized carbons (Fsp3) is 0. The molecule has 1 aromatic carbocycles. The maximum absolute atomic E-state index is 11.6. The normalized spacial score (nSPS) is 10.6. The fourth-order valence-corrected chi connectivity index (χ4v) is 1.56. The summed E-state index contributed by atoms with van der Waals surface area (Å²) in [4.78, 5) is 11.6. The minimum Gasteiger partial charge on any atom is -0.443 e. The summed E-state index contributed by atoms with van der Waals surface area (Å²) in [5.74, 6) is 0. The van der Waals surface area contributed by atoms with Crippen molar-refractivity contribution in [1.82, 2.24) is 0 Å². The van der Waals surface area contributed by atoms with E-state index in [0.717, 1.165) is 0 Å². The van der Waals surface area contributed by atoms with Gasteiger partial charge in [-0.15, -0.1) is 0 Å². The Balaban J connectivity index is 3.03. The van der Waals surface area contributed by atoms with Gasteiger partial charge in [0.1, 0.15) is 10.1 Å². The van der Waals surface area contributed by atoms with Gasteiger partial charge < -0.3 is 4.42 Å². The second-order valence-electron chi connectivity index (χ2n) is 2.52. The summed E-state index contributed by atoms with van der Waals surface area (Å²) in [6, 6.07) is 6.96. The zero-order chi connectivity index (χ0) is 9.42. The molecule has 0 aliphatic heterocycles. The molecule has 2 nitrogen and oxygen atoms in total. The van der Waals surface area contributed by atoms with E-state index in [-0.39, 0.29) is 15.1 Å². The van der Waals surface area contributed by atoms with Crippen LogP contribution in [-0.2, 0) is 0 Å². The standard InChI is InChI=1S/C9H4BrClO2/c10-7-8(12)5-3-1-2-4-6(5)13-9(7)11/h1-4H. The van der Waals surface area contributed by atoms with Gasteiger partial charge in [0, 0.05) is 0 Å². The lowest BCUT2D eigenvalue weighted by atomic mass is 10.2. The van der Waals surface area contributed by atoms with E-state index < -0.39 is 0 Å². The summed E-state index contributed by atoms with van der Waals surface area (Å²) >= 11 is 8.74. The van der Waals surface area contributed by atoms with Gasteiger partial charge in [-0.1, -0.05) is 12.1 Å². The van der Waals surface area contributed by atoms with E-state index in [0.29, 0.717) is 11.0 Å². The van der Waals surface area contributed by atoms with E-state index in [9.17, 15) is 4.79 Å². The van der Waals surface area contributed by atoms with Crippen molar-refractivity contribution in [3.05, 3.63) is 44.2 Å². The maximum atomic E-state index is 11.6. The molecule has 0 aliphatic rings. The van der Waals surface area contributed by atoms with Crippen molar-refractivity contribution in [3.63, 3.8) is 0 Å². The molecule has 13 heavy (non-hydrogen) atoms. The van der Waals surface area contributed by atoms with Crippen LogP contribution in [0.15, 0.2) is 37.9 Å². The molecule has 4 heteroatoms. The first kappa shape index (κ1) is 8.78. The molecule has 0 saturated heterocycles. The van der Waals surface area contributed by atoms with Crippen molar-refractivity contribution in [1.29, 1.82) is 0 Å². The number of benzene rings is 1. The zero-order valence-electron chi connectivity index (χ0n) is 6.38. The van der Waals surface area contributed by atoms with E-state index >= 15 is 0 Å². The number of rotatable bonds is 0. The predicted octanol–water partition coefficient (Wildman–Crippen LogP) is 3.21. The minimum atomic E-state index is -0.146. The molecule has 0 bridgehead atoms. The first-order chi connectivity index (χ1) is 6.20. The van der Waals surface area contributed by atoms with Crippen molar-refractivity contribution in [2.45, 2.75) is 0 Å². The molecule has 0 fully saturated rings. The van der Waals surface area contributed by atoms with Crippen molar-refractivity contribution in [2.24, 2.45) is 0 Å². The van der Waals surface area contributed by atoms with Gasteiger partial charge in [0.25, 0.3) is 0 Å². The summed E-state index contributed by atoms with van der Waals surface area (Å²) in [5.41, 5.74) is 0.354. The highest BCUT2D eigenvalue weighted by Crippen LogP contribution is 2.23. The van der Waals surface area contributed by atoms with Gasteiger partial charge in [0.15, 0.2) is 0 Å². The van der Waals surface area contributed by atoms with Crippen LogP contribution in [0.1, 0.15) is 0 Å². The molecular weight excluding hydrogens is 255 g/mol. The van der Waals surface area contributed by atoms with E-state index in [2.05, 4.69) is 15.9 Å². The number of halogens is 2. The topological polar surface area (TPSA) is 30.2 Å². The van der Waals surface area contributed by atoms with Gasteiger partial charge in [0.05, 0.1) is 5.39 Å². The Labute approximate surface area is 87.3 Å². The summed E-state index contributed by atoms with van der Waals surface area (Å²) in [7, 11) is 0. The van der Waals surface area contributed by atoms with Crippen LogP contribution in [0.4, 0.5) is 0 Å². The van der Waals surface area contributed by atoms with Crippen LogP contribution in [0.5, 0.6) is 0 Å². The van der Waals surface area contributed by atoms with E-state index in [1.165, 1.54) is 0 Å². The molecule has 0 saturated carbocycles. The van der Waals surface area contributed by atoms with Crippen molar-refractivity contribution < 1.29 is 4.42 Å². The summed E-state index contributed by atoms with van der Waals surface area (Å²) < 4.78 is 5.46. The van der Waals surface area contributed by atoms with Crippen LogP contribution >= 0.6 is 27.5 Å². The quantitative estimate of drug-likeness (QED) is 0.727. The Morgan fingerprint density at radius 3 is 2.77 bits per heavy atom. The minimum absolute atomic E-state index is 0.0868. The number of fused-ring (bicyclic) bond motifs is 1. The monoisotopic (exact) mass is 258 g/mol. The Kier molecular flexibility index (Phi) is 2.14. The molecule has 66 valence electrons. The lowest BCUT2D eigenvalue weighted by Crippen LogP contribution is -2.02. The third-order valence-electron chi connectivity index (χ3n) is 1.70. The van der Waals surface area contributed by atoms with Crippen LogP contribution in [0.3, 0.4) is 0 Å². The first-order valence-corrected chi connectivity index (χ1v) is 4.74. The van der Waals surface area contributed by atoms with Crippen LogP contribution in [0.25, 0.3) is 11.0 Å². The molecule has 2 aromatic rings. The SMILES string of the molecule is O=c1c(Br)c(Cl)oc2ccccc12. The summed E-state index contributed by atoms with van der Waals surface area (Å²) in [5, 5.41) is 0.613. The molecular formula is C9H4BrClO2. The Morgan fingerprint density at radius 1 is 1.31 bits per heavy atom. The van der Waals surface area contributed by atoms with Gasteiger partial charge in [-0.3, -0.25) is 4.79 Å². The van der Waals surface area contributed by atoms with Gasteiger partial charge in [0.2, 0.25) is 10.6 Å². The molecule has 2 rings (SSSR count). The fourth-order valence-electron chi connectivity index (χ4n) is 1.09. The van der Waals surface area contributed by atoms with E-state index in [4.69, 9.17) is 16.0 Å².